The average molecular weight is 419 g/mol. The number of hydrogen-bond donors (Lipinski definition) is 2. The fraction of sp³-hybridized carbons (Fsp3) is 0.238. The van der Waals surface area contributed by atoms with Gasteiger partial charge in [0.25, 0.3) is 0 Å². The number of anilines is 1. The van der Waals surface area contributed by atoms with Gasteiger partial charge in [0.1, 0.15) is 5.75 Å². The van der Waals surface area contributed by atoms with E-state index in [9.17, 15) is 14.7 Å². The van der Waals surface area contributed by atoms with Crippen LogP contribution in [0.5, 0.6) is 5.75 Å². The average Bonchev–Trinajstić information content (AvgIpc) is 2.69. The lowest BCUT2D eigenvalue weighted by atomic mass is 9.95. The monoisotopic (exact) mass is 418 g/mol. The van der Waals surface area contributed by atoms with E-state index >= 15 is 0 Å². The molecule has 5 nitrogen and oxygen atoms in total. The van der Waals surface area contributed by atoms with Gasteiger partial charge in [0.05, 0.1) is 5.69 Å². The summed E-state index contributed by atoms with van der Waals surface area (Å²) >= 11 is 12.2. The normalized spacial score (nSPS) is 15.0. The van der Waals surface area contributed by atoms with Crippen molar-refractivity contribution in [3.8, 4) is 5.75 Å². The van der Waals surface area contributed by atoms with Gasteiger partial charge >= 0.3 is 0 Å². The number of aromatic hydroxyl groups is 1. The molecule has 0 atom stereocenters. The highest BCUT2D eigenvalue weighted by molar-refractivity contribution is 6.37. The molecule has 0 radical (unpaired) electrons. The summed E-state index contributed by atoms with van der Waals surface area (Å²) in [5.74, 6) is -0.458. The molecule has 1 saturated heterocycles. The maximum Gasteiger partial charge on any atom is 0.246 e. The zero-order valence-corrected chi connectivity index (χ0v) is 16.6. The van der Waals surface area contributed by atoms with Crippen molar-refractivity contribution in [2.24, 2.45) is 5.92 Å². The molecule has 28 heavy (non-hydrogen) atoms. The molecule has 0 spiro atoms. The summed E-state index contributed by atoms with van der Waals surface area (Å²) in [4.78, 5) is 26.5. The number of hydrogen-bond acceptors (Lipinski definition) is 3. The Morgan fingerprint density at radius 3 is 2.32 bits per heavy atom. The molecule has 0 unspecified atom stereocenters. The number of rotatable bonds is 4. The topological polar surface area (TPSA) is 69.6 Å². The van der Waals surface area contributed by atoms with Gasteiger partial charge in [0.2, 0.25) is 11.8 Å². The number of amides is 2. The Balaban J connectivity index is 1.55. The Morgan fingerprint density at radius 1 is 1.04 bits per heavy atom. The van der Waals surface area contributed by atoms with E-state index in [2.05, 4.69) is 5.32 Å². The van der Waals surface area contributed by atoms with E-state index in [0.717, 1.165) is 0 Å². The standard InChI is InChI=1S/C21H20Cl2N2O3/c22-16-4-3-5-17(23)15(16)8-9-20(27)25-12-10-14(11-13-25)21(28)24-18-6-1-2-7-19(18)26/h1-9,14,26H,10-13H2,(H,24,28). The van der Waals surface area contributed by atoms with Crippen LogP contribution in [0.15, 0.2) is 48.5 Å². The lowest BCUT2D eigenvalue weighted by Crippen LogP contribution is -2.40. The number of nitrogens with one attached hydrogen (secondary N) is 1. The minimum Gasteiger partial charge on any atom is -0.506 e. The van der Waals surface area contributed by atoms with Crippen molar-refractivity contribution in [1.82, 2.24) is 4.90 Å². The van der Waals surface area contributed by atoms with Crippen LogP contribution < -0.4 is 5.32 Å². The van der Waals surface area contributed by atoms with Crippen LogP contribution in [0.25, 0.3) is 6.08 Å². The zero-order valence-electron chi connectivity index (χ0n) is 15.1. The van der Waals surface area contributed by atoms with Crippen molar-refractivity contribution in [3.05, 3.63) is 64.1 Å². The highest BCUT2D eigenvalue weighted by Gasteiger charge is 2.27. The predicted octanol–water partition coefficient (Wildman–Crippen LogP) is 4.59. The first kappa shape index (κ1) is 20.2. The summed E-state index contributed by atoms with van der Waals surface area (Å²) in [5, 5.41) is 13.5. The Labute approximate surface area is 173 Å². The molecule has 3 rings (SSSR count). The molecule has 2 aromatic rings. The number of benzene rings is 2. The Bertz CT molecular complexity index is 886. The first-order chi connectivity index (χ1) is 13.5. The maximum atomic E-state index is 12.4. The predicted molar refractivity (Wildman–Crippen MR) is 112 cm³/mol. The van der Waals surface area contributed by atoms with Gasteiger partial charge in [-0.3, -0.25) is 9.59 Å². The molecule has 0 bridgehead atoms. The van der Waals surface area contributed by atoms with Gasteiger partial charge in [-0.05, 0) is 43.2 Å². The quantitative estimate of drug-likeness (QED) is 0.563. The summed E-state index contributed by atoms with van der Waals surface area (Å²) in [6.45, 7) is 0.969. The zero-order chi connectivity index (χ0) is 20.1. The summed E-state index contributed by atoms with van der Waals surface area (Å²) in [6.07, 6.45) is 4.19. The molecule has 1 heterocycles. The Hall–Kier alpha value is -2.50. The fourth-order valence-corrected chi connectivity index (χ4v) is 3.63. The molecule has 2 aromatic carbocycles. The van der Waals surface area contributed by atoms with E-state index in [1.54, 1.807) is 47.4 Å². The van der Waals surface area contributed by atoms with Gasteiger partial charge in [-0.1, -0.05) is 41.4 Å². The molecule has 0 aliphatic carbocycles. The Kier molecular flexibility index (Phi) is 6.60. The van der Waals surface area contributed by atoms with Gasteiger partial charge in [-0.15, -0.1) is 0 Å². The summed E-state index contributed by atoms with van der Waals surface area (Å²) in [7, 11) is 0. The highest BCUT2D eigenvalue weighted by atomic mass is 35.5. The first-order valence-electron chi connectivity index (χ1n) is 8.95. The molecular formula is C21H20Cl2N2O3. The van der Waals surface area contributed by atoms with E-state index in [1.807, 2.05) is 0 Å². The van der Waals surface area contributed by atoms with Crippen molar-refractivity contribution in [2.75, 3.05) is 18.4 Å². The van der Waals surface area contributed by atoms with Crippen LogP contribution in [0.2, 0.25) is 10.0 Å². The summed E-state index contributed by atoms with van der Waals surface area (Å²) in [6, 6.07) is 11.8. The number of phenolic OH excluding ortho intramolecular Hbond substituents is 1. The van der Waals surface area contributed by atoms with E-state index < -0.39 is 0 Å². The number of likely N-dealkylation sites (tertiary alicyclic amines) is 1. The molecule has 2 amide bonds. The lowest BCUT2D eigenvalue weighted by molar-refractivity contribution is -0.130. The molecule has 7 heteroatoms. The molecule has 1 aliphatic rings. The largest absolute Gasteiger partial charge is 0.506 e. The highest BCUT2D eigenvalue weighted by Crippen LogP contribution is 2.27. The second kappa shape index (κ2) is 9.13. The van der Waals surface area contributed by atoms with Crippen LogP contribution in [0.3, 0.4) is 0 Å². The van der Waals surface area contributed by atoms with E-state index in [1.165, 1.54) is 12.1 Å². The molecule has 146 valence electrons. The first-order valence-corrected chi connectivity index (χ1v) is 9.71. The van der Waals surface area contributed by atoms with Crippen molar-refractivity contribution < 1.29 is 14.7 Å². The van der Waals surface area contributed by atoms with Gasteiger partial charge in [0.15, 0.2) is 0 Å². The van der Waals surface area contributed by atoms with Gasteiger partial charge in [-0.2, -0.15) is 0 Å². The number of carbonyl (C=O) groups is 2. The number of carbonyl (C=O) groups excluding carboxylic acids is 2. The van der Waals surface area contributed by atoms with Crippen LogP contribution in [-0.2, 0) is 9.59 Å². The molecule has 1 aliphatic heterocycles. The number of piperidine rings is 1. The van der Waals surface area contributed by atoms with Crippen molar-refractivity contribution in [3.63, 3.8) is 0 Å². The molecule has 0 aromatic heterocycles. The fourth-order valence-electron chi connectivity index (χ4n) is 3.11. The van der Waals surface area contributed by atoms with Crippen LogP contribution in [-0.4, -0.2) is 34.9 Å². The third kappa shape index (κ3) is 4.86. The van der Waals surface area contributed by atoms with E-state index in [0.29, 0.717) is 47.2 Å². The smallest absolute Gasteiger partial charge is 0.246 e. The minimum absolute atomic E-state index is 0.0341. The van der Waals surface area contributed by atoms with E-state index in [-0.39, 0.29) is 23.5 Å². The third-order valence-corrected chi connectivity index (χ3v) is 5.39. The summed E-state index contributed by atoms with van der Waals surface area (Å²) in [5.41, 5.74) is 1.00. The molecular weight excluding hydrogens is 399 g/mol. The van der Waals surface area contributed by atoms with Crippen LogP contribution in [0.1, 0.15) is 18.4 Å². The minimum atomic E-state index is -0.203. The van der Waals surface area contributed by atoms with Crippen LogP contribution in [0.4, 0.5) is 5.69 Å². The van der Waals surface area contributed by atoms with Crippen LogP contribution >= 0.6 is 23.2 Å². The number of halogens is 2. The SMILES string of the molecule is O=C(Nc1ccccc1O)C1CCN(C(=O)C=Cc2c(Cl)cccc2Cl)CC1. The molecule has 1 fully saturated rings. The van der Waals surface area contributed by atoms with Crippen molar-refractivity contribution in [2.45, 2.75) is 12.8 Å². The van der Waals surface area contributed by atoms with Gasteiger partial charge < -0.3 is 15.3 Å². The van der Waals surface area contributed by atoms with Crippen molar-refractivity contribution in [1.29, 1.82) is 0 Å². The third-order valence-electron chi connectivity index (χ3n) is 4.73. The van der Waals surface area contributed by atoms with E-state index in [4.69, 9.17) is 23.2 Å². The molecule has 2 N–H and O–H groups in total. The molecule has 0 saturated carbocycles. The van der Waals surface area contributed by atoms with Crippen molar-refractivity contribution >= 4 is 46.8 Å². The number of nitrogens with zero attached hydrogens (tertiary/aromatic N) is 1. The number of phenols is 1. The second-order valence-electron chi connectivity index (χ2n) is 6.57. The Morgan fingerprint density at radius 2 is 1.68 bits per heavy atom. The second-order valence-corrected chi connectivity index (χ2v) is 7.39. The van der Waals surface area contributed by atoms with Crippen LogP contribution in [0, 0.1) is 5.92 Å². The maximum absolute atomic E-state index is 12.4. The van der Waals surface area contributed by atoms with Gasteiger partial charge in [0, 0.05) is 40.7 Å². The lowest BCUT2D eigenvalue weighted by Gasteiger charge is -2.30. The summed E-state index contributed by atoms with van der Waals surface area (Å²) < 4.78 is 0. The van der Waals surface area contributed by atoms with Gasteiger partial charge in [-0.25, -0.2) is 0 Å². The number of para-hydroxylation sites is 2.